The van der Waals surface area contributed by atoms with E-state index in [1.54, 1.807) is 0 Å². The lowest BCUT2D eigenvalue weighted by Gasteiger charge is -2.20. The first kappa shape index (κ1) is 16.1. The summed E-state index contributed by atoms with van der Waals surface area (Å²) in [5.41, 5.74) is 0. The van der Waals surface area contributed by atoms with Crippen LogP contribution in [0, 0.1) is 0 Å². The maximum Gasteiger partial charge on any atom is 0.186 e. The van der Waals surface area contributed by atoms with Gasteiger partial charge in [-0.05, 0) is 38.9 Å². The van der Waals surface area contributed by atoms with Crippen molar-refractivity contribution in [1.29, 1.82) is 0 Å². The molecular formula is C12H28O3Si. The van der Waals surface area contributed by atoms with Crippen LogP contribution >= 0.6 is 0 Å². The molecule has 0 saturated carbocycles. The summed E-state index contributed by atoms with van der Waals surface area (Å²) in [5.74, 6) is 0. The molecule has 0 spiro atoms. The van der Waals surface area contributed by atoms with Gasteiger partial charge in [-0.25, -0.2) is 0 Å². The normalized spacial score (nSPS) is 14.1. The van der Waals surface area contributed by atoms with Gasteiger partial charge in [0.1, 0.15) is 0 Å². The van der Waals surface area contributed by atoms with E-state index in [0.717, 1.165) is 32.1 Å². The fourth-order valence-corrected chi connectivity index (χ4v) is 2.53. The minimum Gasteiger partial charge on any atom is -0.420 e. The number of hydrogen-bond acceptors (Lipinski definition) is 3. The van der Waals surface area contributed by atoms with Gasteiger partial charge in [-0.2, -0.15) is 0 Å². The number of hydrogen-bond donors (Lipinski definition) is 0. The first-order chi connectivity index (χ1) is 7.52. The summed E-state index contributed by atoms with van der Waals surface area (Å²) in [6.07, 6.45) is 2.37. The summed E-state index contributed by atoms with van der Waals surface area (Å²) in [4.78, 5) is 0. The predicted molar refractivity (Wildman–Crippen MR) is 70.4 cm³/mol. The Kier molecular flexibility index (Phi) is 9.22. The van der Waals surface area contributed by atoms with Gasteiger partial charge in [0.2, 0.25) is 0 Å². The van der Waals surface area contributed by atoms with Gasteiger partial charge in [-0.1, -0.05) is 6.92 Å². The first-order valence-electron chi connectivity index (χ1n) is 6.26. The molecule has 0 N–H and O–H groups in total. The molecular weight excluding hydrogens is 220 g/mol. The zero-order valence-corrected chi connectivity index (χ0v) is 12.5. The summed E-state index contributed by atoms with van der Waals surface area (Å²) in [6.45, 7) is 11.0. The van der Waals surface area contributed by atoms with Crippen LogP contribution in [0.1, 0.15) is 26.7 Å². The van der Waals surface area contributed by atoms with Crippen LogP contribution < -0.4 is 0 Å². The molecule has 98 valence electrons. The maximum absolute atomic E-state index is 5.67. The summed E-state index contributed by atoms with van der Waals surface area (Å²) in [5, 5.41) is 0. The summed E-state index contributed by atoms with van der Waals surface area (Å²) >= 11 is 0. The molecule has 0 amide bonds. The summed E-state index contributed by atoms with van der Waals surface area (Å²) in [6, 6.07) is 1.16. The van der Waals surface area contributed by atoms with E-state index >= 15 is 0 Å². The minimum absolute atomic E-state index is 0.207. The molecule has 0 heterocycles. The monoisotopic (exact) mass is 248 g/mol. The van der Waals surface area contributed by atoms with Crippen LogP contribution in [-0.4, -0.2) is 41.4 Å². The molecule has 0 radical (unpaired) electrons. The van der Waals surface area contributed by atoms with Crippen LogP contribution in [0.3, 0.4) is 0 Å². The van der Waals surface area contributed by atoms with E-state index in [4.69, 9.17) is 13.9 Å². The Bertz CT molecular complexity index is 162. The Balaban J connectivity index is 3.37. The molecule has 1 unspecified atom stereocenters. The fraction of sp³-hybridized carbons (Fsp3) is 1.00. The molecule has 0 aliphatic heterocycles. The van der Waals surface area contributed by atoms with Gasteiger partial charge in [0, 0.05) is 20.3 Å². The van der Waals surface area contributed by atoms with E-state index in [2.05, 4.69) is 26.9 Å². The van der Waals surface area contributed by atoms with Crippen LogP contribution in [0.2, 0.25) is 19.1 Å². The molecule has 16 heavy (non-hydrogen) atoms. The van der Waals surface area contributed by atoms with Gasteiger partial charge < -0.3 is 13.9 Å². The van der Waals surface area contributed by atoms with Gasteiger partial charge >= 0.3 is 0 Å². The average molecular weight is 248 g/mol. The zero-order chi connectivity index (χ0) is 12.4. The van der Waals surface area contributed by atoms with Crippen LogP contribution in [0.5, 0.6) is 0 Å². The molecule has 0 aromatic carbocycles. The molecule has 0 aromatic rings. The smallest absolute Gasteiger partial charge is 0.186 e. The van der Waals surface area contributed by atoms with Crippen molar-refractivity contribution in [2.24, 2.45) is 0 Å². The van der Waals surface area contributed by atoms with E-state index in [1.807, 2.05) is 7.11 Å². The number of ether oxygens (including phenoxy) is 2. The molecule has 0 aliphatic rings. The van der Waals surface area contributed by atoms with E-state index in [0.29, 0.717) is 6.61 Å². The third kappa shape index (κ3) is 9.33. The van der Waals surface area contributed by atoms with Crippen molar-refractivity contribution in [3.05, 3.63) is 0 Å². The molecule has 3 nitrogen and oxygen atoms in total. The molecule has 0 saturated heterocycles. The summed E-state index contributed by atoms with van der Waals surface area (Å²) in [7, 11) is 0.422. The number of rotatable bonds is 10. The van der Waals surface area contributed by atoms with Crippen LogP contribution in [0.25, 0.3) is 0 Å². The lowest BCUT2D eigenvalue weighted by Crippen LogP contribution is -2.28. The van der Waals surface area contributed by atoms with Gasteiger partial charge in [-0.3, -0.25) is 0 Å². The van der Waals surface area contributed by atoms with Crippen LogP contribution in [0.15, 0.2) is 0 Å². The van der Waals surface area contributed by atoms with E-state index in [9.17, 15) is 0 Å². The molecule has 0 aromatic heterocycles. The molecule has 0 fully saturated rings. The molecule has 0 aliphatic carbocycles. The SMILES string of the molecule is CCCOCC(C)OCCC[Si](C)(C)OC. The Labute approximate surface area is 102 Å². The Morgan fingerprint density at radius 2 is 1.88 bits per heavy atom. The molecule has 1 atom stereocenters. The highest BCUT2D eigenvalue weighted by Crippen LogP contribution is 2.12. The first-order valence-corrected chi connectivity index (χ1v) is 9.38. The Morgan fingerprint density at radius 3 is 2.44 bits per heavy atom. The highest BCUT2D eigenvalue weighted by Gasteiger charge is 2.19. The molecule has 0 bridgehead atoms. The minimum atomic E-state index is -1.39. The van der Waals surface area contributed by atoms with E-state index < -0.39 is 8.32 Å². The second-order valence-corrected chi connectivity index (χ2v) is 9.25. The lowest BCUT2D eigenvalue weighted by molar-refractivity contribution is -0.00632. The second-order valence-electron chi connectivity index (χ2n) is 4.82. The average Bonchev–Trinajstić information content (AvgIpc) is 2.25. The maximum atomic E-state index is 5.67. The van der Waals surface area contributed by atoms with Crippen LogP contribution in [0.4, 0.5) is 0 Å². The predicted octanol–water partition coefficient (Wildman–Crippen LogP) is 3.06. The van der Waals surface area contributed by atoms with Crippen molar-refractivity contribution in [2.75, 3.05) is 26.9 Å². The highest BCUT2D eigenvalue weighted by atomic mass is 28.4. The van der Waals surface area contributed by atoms with Crippen molar-refractivity contribution >= 4 is 8.32 Å². The quantitative estimate of drug-likeness (QED) is 0.439. The van der Waals surface area contributed by atoms with Gasteiger partial charge in [-0.15, -0.1) is 0 Å². The standard InChI is InChI=1S/C12H28O3Si/c1-6-8-14-11-12(2)15-9-7-10-16(4,5)13-3/h12H,6-11H2,1-5H3. The third-order valence-electron chi connectivity index (χ3n) is 2.58. The Morgan fingerprint density at radius 1 is 1.19 bits per heavy atom. The van der Waals surface area contributed by atoms with Crippen molar-refractivity contribution in [1.82, 2.24) is 0 Å². The molecule has 0 rings (SSSR count). The van der Waals surface area contributed by atoms with Gasteiger partial charge in [0.05, 0.1) is 12.7 Å². The largest absolute Gasteiger partial charge is 0.420 e. The van der Waals surface area contributed by atoms with Crippen LogP contribution in [-0.2, 0) is 13.9 Å². The van der Waals surface area contributed by atoms with Gasteiger partial charge in [0.15, 0.2) is 8.32 Å². The lowest BCUT2D eigenvalue weighted by atomic mass is 10.4. The van der Waals surface area contributed by atoms with Crippen molar-refractivity contribution in [2.45, 2.75) is 51.9 Å². The van der Waals surface area contributed by atoms with Crippen molar-refractivity contribution in [3.8, 4) is 0 Å². The van der Waals surface area contributed by atoms with E-state index in [-0.39, 0.29) is 6.10 Å². The van der Waals surface area contributed by atoms with E-state index in [1.165, 1.54) is 0 Å². The summed E-state index contributed by atoms with van der Waals surface area (Å²) < 4.78 is 16.6. The highest BCUT2D eigenvalue weighted by molar-refractivity contribution is 6.71. The topological polar surface area (TPSA) is 27.7 Å². The second kappa shape index (κ2) is 9.16. The zero-order valence-electron chi connectivity index (χ0n) is 11.5. The van der Waals surface area contributed by atoms with Gasteiger partial charge in [0.25, 0.3) is 0 Å². The molecule has 4 heteroatoms. The van der Waals surface area contributed by atoms with Crippen molar-refractivity contribution < 1.29 is 13.9 Å². The Hall–Kier alpha value is 0.0969. The fourth-order valence-electron chi connectivity index (χ4n) is 1.33. The third-order valence-corrected chi connectivity index (χ3v) is 5.24. The van der Waals surface area contributed by atoms with Crippen molar-refractivity contribution in [3.63, 3.8) is 0 Å².